The van der Waals surface area contributed by atoms with Crippen LogP contribution in [-0.2, 0) is 0 Å². The maximum absolute atomic E-state index is 3.86. The van der Waals surface area contributed by atoms with Gasteiger partial charge >= 0.3 is 0 Å². The molecule has 2 atom stereocenters. The van der Waals surface area contributed by atoms with Crippen molar-refractivity contribution in [1.82, 2.24) is 0 Å². The number of unbranched alkanes of at least 4 members (excludes halogenated alkanes) is 9. The van der Waals surface area contributed by atoms with Crippen LogP contribution in [0, 0.1) is 0 Å². The molecule has 0 aliphatic rings. The van der Waals surface area contributed by atoms with Gasteiger partial charge in [-0.1, -0.05) is 116 Å². The molecule has 19 heavy (non-hydrogen) atoms. The van der Waals surface area contributed by atoms with Crippen LogP contribution in [0.5, 0.6) is 0 Å². The number of hydrogen-bond donors (Lipinski definition) is 0. The molecular weight excluding hydrogens is 364 g/mol. The highest BCUT2D eigenvalue weighted by Crippen LogP contribution is 2.25. The average Bonchev–Trinajstić information content (AvgIpc) is 2.42. The van der Waals surface area contributed by atoms with Gasteiger partial charge in [-0.3, -0.25) is 0 Å². The van der Waals surface area contributed by atoms with Crippen molar-refractivity contribution in [2.24, 2.45) is 0 Å². The van der Waals surface area contributed by atoms with Crippen molar-refractivity contribution >= 4 is 31.9 Å². The minimum absolute atomic E-state index is 0.671. The van der Waals surface area contributed by atoms with Crippen molar-refractivity contribution in [1.29, 1.82) is 0 Å². The Labute approximate surface area is 138 Å². The summed E-state index contributed by atoms with van der Waals surface area (Å²) in [7, 11) is 0. The molecule has 0 aromatic carbocycles. The van der Waals surface area contributed by atoms with E-state index in [1.54, 1.807) is 0 Å². The Morgan fingerprint density at radius 1 is 0.526 bits per heavy atom. The summed E-state index contributed by atoms with van der Waals surface area (Å²) in [6.45, 7) is 4.56. The van der Waals surface area contributed by atoms with E-state index in [0.717, 1.165) is 0 Å². The zero-order chi connectivity index (χ0) is 14.3. The second-order valence-electron chi connectivity index (χ2n) is 5.79. The summed E-state index contributed by atoms with van der Waals surface area (Å²) in [6, 6.07) is 0. The Hall–Kier alpha value is 0.960. The first-order valence-electron chi connectivity index (χ1n) is 8.50. The molecule has 0 nitrogen and oxygen atoms in total. The van der Waals surface area contributed by atoms with E-state index in [9.17, 15) is 0 Å². The fourth-order valence-electron chi connectivity index (χ4n) is 2.42. The third-order valence-corrected chi connectivity index (χ3v) is 6.71. The minimum atomic E-state index is 0.671. The second-order valence-corrected chi connectivity index (χ2v) is 8.14. The molecule has 0 radical (unpaired) electrons. The van der Waals surface area contributed by atoms with Crippen molar-refractivity contribution < 1.29 is 0 Å². The summed E-state index contributed by atoms with van der Waals surface area (Å²) in [6.07, 6.45) is 18.0. The summed E-state index contributed by atoms with van der Waals surface area (Å²) in [5.74, 6) is 0. The van der Waals surface area contributed by atoms with Crippen LogP contribution in [0.1, 0.15) is 97.3 Å². The fraction of sp³-hybridized carbons (Fsp3) is 1.00. The molecule has 0 fully saturated rings. The topological polar surface area (TPSA) is 0 Å². The Balaban J connectivity index is 3.35. The number of halogens is 2. The number of hydrogen-bond acceptors (Lipinski definition) is 0. The van der Waals surface area contributed by atoms with Gasteiger partial charge in [-0.15, -0.1) is 0 Å². The van der Waals surface area contributed by atoms with E-state index >= 15 is 0 Å². The van der Waals surface area contributed by atoms with Gasteiger partial charge < -0.3 is 0 Å². The van der Waals surface area contributed by atoms with E-state index in [1.165, 1.54) is 83.5 Å². The molecule has 116 valence electrons. The van der Waals surface area contributed by atoms with Gasteiger partial charge in [-0.05, 0) is 12.8 Å². The van der Waals surface area contributed by atoms with Gasteiger partial charge in [0.25, 0.3) is 0 Å². The van der Waals surface area contributed by atoms with Crippen LogP contribution in [-0.4, -0.2) is 9.65 Å². The van der Waals surface area contributed by atoms with Gasteiger partial charge in [0.2, 0.25) is 0 Å². The van der Waals surface area contributed by atoms with Gasteiger partial charge in [0.15, 0.2) is 0 Å². The Kier molecular flexibility index (Phi) is 16.1. The van der Waals surface area contributed by atoms with E-state index in [4.69, 9.17) is 0 Å². The predicted octanol–water partition coefficient (Wildman–Crippen LogP) is 7.62. The molecule has 0 spiro atoms. The van der Waals surface area contributed by atoms with Crippen LogP contribution in [0.15, 0.2) is 0 Å². The first-order valence-corrected chi connectivity index (χ1v) is 10.3. The SMILES string of the molecule is CCCCCCCCC(Br)C(Br)CCCCCCC. The van der Waals surface area contributed by atoms with Crippen LogP contribution in [0.2, 0.25) is 0 Å². The third-order valence-electron chi connectivity index (χ3n) is 3.81. The minimum Gasteiger partial charge on any atom is -0.0879 e. The normalized spacial score (nSPS) is 14.5. The monoisotopic (exact) mass is 396 g/mol. The van der Waals surface area contributed by atoms with Crippen LogP contribution in [0.25, 0.3) is 0 Å². The molecule has 0 aliphatic heterocycles. The zero-order valence-electron chi connectivity index (χ0n) is 13.1. The summed E-state index contributed by atoms with van der Waals surface area (Å²) >= 11 is 7.72. The first-order chi connectivity index (χ1) is 9.22. The van der Waals surface area contributed by atoms with E-state index < -0.39 is 0 Å². The summed E-state index contributed by atoms with van der Waals surface area (Å²) in [5, 5.41) is 0. The van der Waals surface area contributed by atoms with Crippen molar-refractivity contribution in [3.63, 3.8) is 0 Å². The van der Waals surface area contributed by atoms with Gasteiger partial charge in [0.05, 0.1) is 0 Å². The number of rotatable bonds is 14. The van der Waals surface area contributed by atoms with E-state index in [-0.39, 0.29) is 0 Å². The van der Waals surface area contributed by atoms with Gasteiger partial charge in [0.1, 0.15) is 0 Å². The Bertz CT molecular complexity index is 171. The Morgan fingerprint density at radius 2 is 0.842 bits per heavy atom. The molecule has 0 heterocycles. The molecule has 0 saturated carbocycles. The lowest BCUT2D eigenvalue weighted by atomic mass is 10.0. The summed E-state index contributed by atoms with van der Waals surface area (Å²) in [4.78, 5) is 1.34. The lowest BCUT2D eigenvalue weighted by molar-refractivity contribution is 0.555. The third kappa shape index (κ3) is 13.7. The van der Waals surface area contributed by atoms with Crippen LogP contribution in [0.4, 0.5) is 0 Å². The van der Waals surface area contributed by atoms with E-state index in [0.29, 0.717) is 9.65 Å². The van der Waals surface area contributed by atoms with Gasteiger partial charge in [-0.2, -0.15) is 0 Å². The summed E-state index contributed by atoms with van der Waals surface area (Å²) in [5.41, 5.74) is 0. The van der Waals surface area contributed by atoms with Gasteiger partial charge in [0, 0.05) is 9.65 Å². The van der Waals surface area contributed by atoms with Crippen molar-refractivity contribution in [3.8, 4) is 0 Å². The predicted molar refractivity (Wildman–Crippen MR) is 96.8 cm³/mol. The first kappa shape index (κ1) is 20.0. The fourth-order valence-corrected chi connectivity index (χ4v) is 3.60. The smallest absolute Gasteiger partial charge is 0.0271 e. The zero-order valence-corrected chi connectivity index (χ0v) is 16.3. The summed E-state index contributed by atoms with van der Waals surface area (Å²) < 4.78 is 0. The highest BCUT2D eigenvalue weighted by atomic mass is 79.9. The molecule has 0 aromatic heterocycles. The lowest BCUT2D eigenvalue weighted by Gasteiger charge is -2.16. The van der Waals surface area contributed by atoms with Crippen molar-refractivity contribution in [2.45, 2.75) is 107 Å². The molecule has 0 rings (SSSR count). The molecule has 2 unspecified atom stereocenters. The van der Waals surface area contributed by atoms with Crippen molar-refractivity contribution in [3.05, 3.63) is 0 Å². The molecule has 0 aliphatic carbocycles. The molecule has 0 saturated heterocycles. The lowest BCUT2D eigenvalue weighted by Crippen LogP contribution is -2.13. The molecule has 0 aromatic rings. The second kappa shape index (κ2) is 15.4. The van der Waals surface area contributed by atoms with Crippen LogP contribution < -0.4 is 0 Å². The standard InChI is InChI=1S/C17H34Br2/c1-3-5-7-9-11-13-15-17(19)16(18)14-12-10-8-6-4-2/h16-17H,3-15H2,1-2H3. The molecule has 0 bridgehead atoms. The number of alkyl halides is 2. The quantitative estimate of drug-likeness (QED) is 0.209. The van der Waals surface area contributed by atoms with E-state index in [2.05, 4.69) is 45.7 Å². The average molecular weight is 398 g/mol. The molecular formula is C17H34Br2. The van der Waals surface area contributed by atoms with Crippen LogP contribution in [0.3, 0.4) is 0 Å². The van der Waals surface area contributed by atoms with Crippen LogP contribution >= 0.6 is 31.9 Å². The molecule has 0 N–H and O–H groups in total. The highest BCUT2D eigenvalue weighted by molar-refractivity contribution is 9.12. The maximum atomic E-state index is 3.86. The molecule has 0 amide bonds. The Morgan fingerprint density at radius 3 is 1.21 bits per heavy atom. The van der Waals surface area contributed by atoms with E-state index in [1.807, 2.05) is 0 Å². The van der Waals surface area contributed by atoms with Crippen molar-refractivity contribution in [2.75, 3.05) is 0 Å². The largest absolute Gasteiger partial charge is 0.0879 e. The molecule has 2 heteroatoms. The van der Waals surface area contributed by atoms with Gasteiger partial charge in [-0.25, -0.2) is 0 Å². The maximum Gasteiger partial charge on any atom is 0.0271 e. The highest BCUT2D eigenvalue weighted by Gasteiger charge is 2.14.